The van der Waals surface area contributed by atoms with Gasteiger partial charge in [0.25, 0.3) is 0 Å². The summed E-state index contributed by atoms with van der Waals surface area (Å²) in [7, 11) is 0. The summed E-state index contributed by atoms with van der Waals surface area (Å²) < 4.78 is 19.7. The largest absolute Gasteiger partial charge is 0.434 e. The monoisotopic (exact) mass is 353 g/mol. The molecule has 1 N–H and O–H groups in total. The molecule has 1 aromatic heterocycles. The molecule has 0 radical (unpaired) electrons. The highest BCUT2D eigenvalue weighted by molar-refractivity contribution is 9.10. The Morgan fingerprint density at radius 1 is 1.24 bits per heavy atom. The third-order valence-corrected chi connectivity index (χ3v) is 3.16. The first-order valence-corrected chi connectivity index (χ1v) is 7.50. The molecule has 0 aliphatic rings. The van der Waals surface area contributed by atoms with Crippen LogP contribution in [0.25, 0.3) is 0 Å². The molecule has 2 aromatic rings. The molecule has 0 bridgehead atoms. The first-order chi connectivity index (χ1) is 10.0. The van der Waals surface area contributed by atoms with Gasteiger partial charge in [-0.15, -0.1) is 5.10 Å². The Morgan fingerprint density at radius 2 is 2.05 bits per heavy atom. The average Bonchev–Trinajstić information content (AvgIpc) is 2.43. The molecule has 1 heterocycles. The Morgan fingerprint density at radius 3 is 2.67 bits per heavy atom. The molecule has 0 saturated heterocycles. The lowest BCUT2D eigenvalue weighted by molar-refractivity contribution is 0.420. The van der Waals surface area contributed by atoms with Gasteiger partial charge in [0.15, 0.2) is 11.6 Å². The second kappa shape index (κ2) is 7.47. The molecular weight excluding hydrogens is 337 g/mol. The zero-order valence-electron chi connectivity index (χ0n) is 11.9. The predicted octanol–water partition coefficient (Wildman–Crippen LogP) is 3.92. The van der Waals surface area contributed by atoms with Gasteiger partial charge in [0.2, 0.25) is 5.88 Å². The standard InChI is InChI=1S/C15H17BrFN3O/c1-10(2)8-18-9-12-4-6-15(20-19-12)21-14-5-3-11(16)7-13(14)17/h3-7,10,18H,8-9H2,1-2H3. The highest BCUT2D eigenvalue weighted by Gasteiger charge is 2.07. The number of hydrogen-bond acceptors (Lipinski definition) is 4. The van der Waals surface area contributed by atoms with Crippen LogP contribution in [0.1, 0.15) is 19.5 Å². The Hall–Kier alpha value is -1.53. The van der Waals surface area contributed by atoms with Crippen molar-refractivity contribution in [1.82, 2.24) is 15.5 Å². The Balaban J connectivity index is 1.95. The number of rotatable bonds is 6. The molecule has 0 aliphatic heterocycles. The number of hydrogen-bond donors (Lipinski definition) is 1. The summed E-state index contributed by atoms with van der Waals surface area (Å²) in [5.41, 5.74) is 0.819. The van der Waals surface area contributed by atoms with E-state index < -0.39 is 5.82 Å². The molecule has 2 rings (SSSR count). The Labute approximate surface area is 131 Å². The van der Waals surface area contributed by atoms with Crippen LogP contribution in [0.4, 0.5) is 4.39 Å². The number of aromatic nitrogens is 2. The summed E-state index contributed by atoms with van der Waals surface area (Å²) in [6, 6.07) is 8.08. The summed E-state index contributed by atoms with van der Waals surface area (Å²) >= 11 is 3.19. The van der Waals surface area contributed by atoms with Crippen molar-refractivity contribution >= 4 is 15.9 Å². The summed E-state index contributed by atoms with van der Waals surface area (Å²) in [5.74, 6) is 0.525. The van der Waals surface area contributed by atoms with E-state index in [4.69, 9.17) is 4.74 Å². The van der Waals surface area contributed by atoms with Gasteiger partial charge in [-0.1, -0.05) is 29.8 Å². The fraction of sp³-hybridized carbons (Fsp3) is 0.333. The smallest absolute Gasteiger partial charge is 0.239 e. The molecule has 21 heavy (non-hydrogen) atoms. The van der Waals surface area contributed by atoms with Gasteiger partial charge in [-0.3, -0.25) is 0 Å². The lowest BCUT2D eigenvalue weighted by Crippen LogP contribution is -2.19. The first kappa shape index (κ1) is 15.9. The SMILES string of the molecule is CC(C)CNCc1ccc(Oc2ccc(Br)cc2F)nn1. The highest BCUT2D eigenvalue weighted by Crippen LogP contribution is 2.25. The summed E-state index contributed by atoms with van der Waals surface area (Å²) in [5, 5.41) is 11.3. The fourth-order valence-electron chi connectivity index (χ4n) is 1.66. The van der Waals surface area contributed by atoms with Crippen molar-refractivity contribution in [3.05, 3.63) is 46.3 Å². The molecule has 1 aromatic carbocycles. The van der Waals surface area contributed by atoms with Gasteiger partial charge in [0, 0.05) is 17.1 Å². The van der Waals surface area contributed by atoms with Crippen LogP contribution in [0.15, 0.2) is 34.8 Å². The van der Waals surface area contributed by atoms with Crippen LogP contribution in [0.5, 0.6) is 11.6 Å². The van der Waals surface area contributed by atoms with Crippen molar-refractivity contribution in [2.45, 2.75) is 20.4 Å². The van der Waals surface area contributed by atoms with Gasteiger partial charge in [-0.05, 0) is 36.7 Å². The second-order valence-electron chi connectivity index (χ2n) is 5.06. The minimum atomic E-state index is -0.450. The molecule has 0 aliphatic carbocycles. The van der Waals surface area contributed by atoms with Crippen LogP contribution in [-0.2, 0) is 6.54 Å². The van der Waals surface area contributed by atoms with Gasteiger partial charge < -0.3 is 10.1 Å². The molecule has 0 atom stereocenters. The molecule has 112 valence electrons. The van der Waals surface area contributed by atoms with E-state index in [1.54, 1.807) is 18.2 Å². The molecule has 4 nitrogen and oxygen atoms in total. The third-order valence-electron chi connectivity index (χ3n) is 2.66. The Kier molecular flexibility index (Phi) is 5.64. The topological polar surface area (TPSA) is 47.0 Å². The maximum Gasteiger partial charge on any atom is 0.239 e. The summed E-state index contributed by atoms with van der Waals surface area (Å²) in [6.45, 7) is 5.85. The van der Waals surface area contributed by atoms with Crippen molar-refractivity contribution in [2.75, 3.05) is 6.54 Å². The first-order valence-electron chi connectivity index (χ1n) is 6.71. The van der Waals surface area contributed by atoms with Crippen molar-refractivity contribution in [1.29, 1.82) is 0 Å². The predicted molar refractivity (Wildman–Crippen MR) is 82.8 cm³/mol. The zero-order chi connectivity index (χ0) is 15.2. The van der Waals surface area contributed by atoms with Gasteiger partial charge in [-0.25, -0.2) is 4.39 Å². The quantitative estimate of drug-likeness (QED) is 0.854. The molecule has 0 unspecified atom stereocenters. The van der Waals surface area contributed by atoms with Crippen molar-refractivity contribution < 1.29 is 9.13 Å². The molecular formula is C15H17BrFN3O. The molecule has 0 fully saturated rings. The van der Waals surface area contributed by atoms with Gasteiger partial charge >= 0.3 is 0 Å². The number of nitrogens with zero attached hydrogens (tertiary/aromatic N) is 2. The van der Waals surface area contributed by atoms with E-state index in [2.05, 4.69) is 45.3 Å². The zero-order valence-corrected chi connectivity index (χ0v) is 13.5. The minimum Gasteiger partial charge on any atom is -0.434 e. The van der Waals surface area contributed by atoms with Crippen LogP contribution < -0.4 is 10.1 Å². The summed E-state index contributed by atoms with van der Waals surface area (Å²) in [6.07, 6.45) is 0. The van der Waals surface area contributed by atoms with Gasteiger partial charge in [0.05, 0.1) is 5.69 Å². The maximum atomic E-state index is 13.6. The van der Waals surface area contributed by atoms with E-state index in [0.717, 1.165) is 12.2 Å². The average molecular weight is 354 g/mol. The lowest BCUT2D eigenvalue weighted by atomic mass is 10.2. The van der Waals surface area contributed by atoms with Gasteiger partial charge in [-0.2, -0.15) is 5.10 Å². The normalized spacial score (nSPS) is 10.9. The van der Waals surface area contributed by atoms with Gasteiger partial charge in [0.1, 0.15) is 0 Å². The molecule has 0 amide bonds. The second-order valence-corrected chi connectivity index (χ2v) is 5.98. The van der Waals surface area contributed by atoms with E-state index >= 15 is 0 Å². The van der Waals surface area contributed by atoms with E-state index in [0.29, 0.717) is 16.9 Å². The van der Waals surface area contributed by atoms with E-state index in [-0.39, 0.29) is 11.6 Å². The number of ether oxygens (including phenoxy) is 1. The van der Waals surface area contributed by atoms with Crippen LogP contribution in [0, 0.1) is 11.7 Å². The van der Waals surface area contributed by atoms with Crippen LogP contribution in [-0.4, -0.2) is 16.7 Å². The highest BCUT2D eigenvalue weighted by atomic mass is 79.9. The van der Waals surface area contributed by atoms with E-state index in [1.165, 1.54) is 6.07 Å². The number of halogens is 2. The number of benzene rings is 1. The maximum absolute atomic E-state index is 13.6. The number of nitrogens with one attached hydrogen (secondary N) is 1. The van der Waals surface area contributed by atoms with E-state index in [9.17, 15) is 4.39 Å². The fourth-order valence-corrected chi connectivity index (χ4v) is 1.99. The summed E-state index contributed by atoms with van der Waals surface area (Å²) in [4.78, 5) is 0. The van der Waals surface area contributed by atoms with Crippen molar-refractivity contribution in [2.24, 2.45) is 5.92 Å². The Bertz CT molecular complexity index is 590. The minimum absolute atomic E-state index is 0.123. The lowest BCUT2D eigenvalue weighted by Gasteiger charge is -2.08. The molecule has 0 spiro atoms. The van der Waals surface area contributed by atoms with Crippen LogP contribution in [0.2, 0.25) is 0 Å². The molecule has 6 heteroatoms. The van der Waals surface area contributed by atoms with Crippen molar-refractivity contribution in [3.8, 4) is 11.6 Å². The third kappa shape index (κ3) is 5.06. The van der Waals surface area contributed by atoms with Crippen LogP contribution in [0.3, 0.4) is 0 Å². The molecule has 0 saturated carbocycles. The van der Waals surface area contributed by atoms with E-state index in [1.807, 2.05) is 6.07 Å². The van der Waals surface area contributed by atoms with Crippen LogP contribution >= 0.6 is 15.9 Å². The van der Waals surface area contributed by atoms with Crippen molar-refractivity contribution in [3.63, 3.8) is 0 Å².